The molecule has 0 unspecified atom stereocenters. The van der Waals surface area contributed by atoms with E-state index >= 15 is 0 Å². The Bertz CT molecular complexity index is 633. The molecule has 1 heterocycles. The van der Waals surface area contributed by atoms with Gasteiger partial charge in [-0.3, -0.25) is 4.57 Å². The molecule has 5 heteroatoms. The molecule has 80 valence electrons. The first-order chi connectivity index (χ1) is 7.63. The molecular formula is C11H8BrN3S. The second-order valence-corrected chi connectivity index (χ2v) is 4.59. The van der Waals surface area contributed by atoms with Gasteiger partial charge >= 0.3 is 0 Å². The van der Waals surface area contributed by atoms with Gasteiger partial charge in [-0.05, 0) is 53.3 Å². The Morgan fingerprint density at radius 1 is 1.50 bits per heavy atom. The molecule has 0 atom stereocenters. The molecule has 1 N–H and O–H groups in total. The maximum Gasteiger partial charge on any atom is 0.182 e. The van der Waals surface area contributed by atoms with Gasteiger partial charge in [-0.15, -0.1) is 0 Å². The highest BCUT2D eigenvalue weighted by Gasteiger charge is 2.07. The van der Waals surface area contributed by atoms with Gasteiger partial charge in [0.2, 0.25) is 0 Å². The molecule has 2 aromatic rings. The second-order valence-electron chi connectivity index (χ2n) is 3.35. The summed E-state index contributed by atoms with van der Waals surface area (Å²) in [6.07, 6.45) is 1.85. The average molecular weight is 294 g/mol. The van der Waals surface area contributed by atoms with Gasteiger partial charge in [0.15, 0.2) is 4.77 Å². The zero-order valence-corrected chi connectivity index (χ0v) is 10.9. The van der Waals surface area contributed by atoms with Gasteiger partial charge < -0.3 is 4.98 Å². The van der Waals surface area contributed by atoms with Gasteiger partial charge in [-0.25, -0.2) is 0 Å². The van der Waals surface area contributed by atoms with E-state index in [1.165, 1.54) is 0 Å². The number of aryl methyl sites for hydroxylation is 1. The summed E-state index contributed by atoms with van der Waals surface area (Å²) in [6.45, 7) is 1.97. The normalized spacial score (nSPS) is 10.1. The molecule has 2 rings (SSSR count). The van der Waals surface area contributed by atoms with Crippen LogP contribution in [0.3, 0.4) is 0 Å². The summed E-state index contributed by atoms with van der Waals surface area (Å²) in [5, 5.41) is 8.79. The van der Waals surface area contributed by atoms with E-state index in [9.17, 15) is 0 Å². The molecule has 0 aliphatic rings. The Labute approximate surface area is 106 Å². The first-order valence-electron chi connectivity index (χ1n) is 4.60. The molecule has 0 aliphatic carbocycles. The molecule has 0 saturated carbocycles. The van der Waals surface area contributed by atoms with Gasteiger partial charge in [-0.1, -0.05) is 0 Å². The zero-order chi connectivity index (χ0) is 11.7. The molecule has 0 radical (unpaired) electrons. The van der Waals surface area contributed by atoms with Crippen LogP contribution >= 0.6 is 28.1 Å². The summed E-state index contributed by atoms with van der Waals surface area (Å²) in [6, 6.07) is 7.52. The van der Waals surface area contributed by atoms with Crippen molar-refractivity contribution in [1.29, 1.82) is 5.26 Å². The van der Waals surface area contributed by atoms with E-state index in [0.717, 1.165) is 15.9 Å². The van der Waals surface area contributed by atoms with Gasteiger partial charge in [0.05, 0.1) is 17.3 Å². The summed E-state index contributed by atoms with van der Waals surface area (Å²) in [7, 11) is 0. The van der Waals surface area contributed by atoms with Crippen LogP contribution in [0.15, 0.2) is 28.9 Å². The summed E-state index contributed by atoms with van der Waals surface area (Å²) in [5.74, 6) is 0. The highest BCUT2D eigenvalue weighted by atomic mass is 79.9. The summed E-state index contributed by atoms with van der Waals surface area (Å²) < 4.78 is 3.41. The van der Waals surface area contributed by atoms with E-state index in [4.69, 9.17) is 17.5 Å². The fourth-order valence-corrected chi connectivity index (χ4v) is 2.37. The third-order valence-corrected chi connectivity index (χ3v) is 3.21. The lowest BCUT2D eigenvalue weighted by Gasteiger charge is -2.07. The fraction of sp³-hybridized carbons (Fsp3) is 0.0909. The molecule has 1 aromatic heterocycles. The largest absolute Gasteiger partial charge is 0.337 e. The van der Waals surface area contributed by atoms with Crippen LogP contribution in [0.4, 0.5) is 0 Å². The van der Waals surface area contributed by atoms with Crippen molar-refractivity contribution in [1.82, 2.24) is 9.55 Å². The smallest absolute Gasteiger partial charge is 0.182 e. The number of nitrogens with zero attached hydrogens (tertiary/aromatic N) is 2. The Balaban J connectivity index is 2.67. The first kappa shape index (κ1) is 11.1. The van der Waals surface area contributed by atoms with E-state index in [-0.39, 0.29) is 0 Å². The van der Waals surface area contributed by atoms with Gasteiger partial charge in [-0.2, -0.15) is 5.26 Å². The average Bonchev–Trinajstić information content (AvgIpc) is 2.59. The van der Waals surface area contributed by atoms with E-state index in [0.29, 0.717) is 10.3 Å². The van der Waals surface area contributed by atoms with Crippen LogP contribution in [0, 0.1) is 23.0 Å². The highest BCUT2D eigenvalue weighted by molar-refractivity contribution is 9.10. The maximum atomic E-state index is 8.79. The number of nitrogens with one attached hydrogen (secondary N) is 1. The summed E-state index contributed by atoms with van der Waals surface area (Å²) >= 11 is 8.64. The standard InChI is InChI=1S/C11H8BrN3S/c1-7-6-14-11(16)15(7)10-3-2-8(5-13)4-9(10)12/h2-4,6H,1H3,(H,14,16). The minimum atomic E-state index is 0.621. The number of aromatic amines is 1. The SMILES string of the molecule is Cc1c[nH]c(=S)n1-c1ccc(C#N)cc1Br. The predicted molar refractivity (Wildman–Crippen MR) is 68.1 cm³/mol. The van der Waals surface area contributed by atoms with Crippen molar-refractivity contribution in [2.75, 3.05) is 0 Å². The minimum absolute atomic E-state index is 0.621. The van der Waals surface area contributed by atoms with Crippen LogP contribution in [0.5, 0.6) is 0 Å². The molecule has 16 heavy (non-hydrogen) atoms. The van der Waals surface area contributed by atoms with Crippen molar-refractivity contribution in [2.45, 2.75) is 6.92 Å². The number of hydrogen-bond acceptors (Lipinski definition) is 2. The third-order valence-electron chi connectivity index (χ3n) is 2.28. The number of H-pyrrole nitrogens is 1. The van der Waals surface area contributed by atoms with Crippen LogP contribution in [-0.4, -0.2) is 9.55 Å². The zero-order valence-electron chi connectivity index (χ0n) is 8.49. The van der Waals surface area contributed by atoms with Crippen molar-refractivity contribution < 1.29 is 0 Å². The van der Waals surface area contributed by atoms with Crippen molar-refractivity contribution in [3.63, 3.8) is 0 Å². The van der Waals surface area contributed by atoms with Crippen LogP contribution in [0.1, 0.15) is 11.3 Å². The van der Waals surface area contributed by atoms with E-state index in [2.05, 4.69) is 27.0 Å². The number of imidazole rings is 1. The Kier molecular flexibility index (Phi) is 2.95. The van der Waals surface area contributed by atoms with Gasteiger partial charge in [0.25, 0.3) is 0 Å². The molecule has 0 bridgehead atoms. The molecule has 0 aliphatic heterocycles. The minimum Gasteiger partial charge on any atom is -0.337 e. The first-order valence-corrected chi connectivity index (χ1v) is 5.80. The third kappa shape index (κ3) is 1.82. The maximum absolute atomic E-state index is 8.79. The van der Waals surface area contributed by atoms with Crippen LogP contribution in [-0.2, 0) is 0 Å². The number of halogens is 1. The molecular weight excluding hydrogens is 286 g/mol. The lowest BCUT2D eigenvalue weighted by atomic mass is 10.2. The number of benzene rings is 1. The summed E-state index contributed by atoms with van der Waals surface area (Å²) in [5.41, 5.74) is 2.58. The van der Waals surface area contributed by atoms with E-state index in [1.807, 2.05) is 23.8 Å². The second kappa shape index (κ2) is 4.24. The number of nitriles is 1. The Morgan fingerprint density at radius 2 is 2.25 bits per heavy atom. The highest BCUT2D eigenvalue weighted by Crippen LogP contribution is 2.23. The molecule has 3 nitrogen and oxygen atoms in total. The van der Waals surface area contributed by atoms with Gasteiger partial charge in [0.1, 0.15) is 0 Å². The van der Waals surface area contributed by atoms with Crippen LogP contribution in [0.25, 0.3) is 5.69 Å². The molecule has 1 aromatic carbocycles. The molecule has 0 fully saturated rings. The van der Waals surface area contributed by atoms with Crippen LogP contribution in [0.2, 0.25) is 0 Å². The van der Waals surface area contributed by atoms with Gasteiger partial charge in [0, 0.05) is 16.4 Å². The Morgan fingerprint density at radius 3 is 2.75 bits per heavy atom. The lowest BCUT2D eigenvalue weighted by molar-refractivity contribution is 0.979. The van der Waals surface area contributed by atoms with Crippen molar-refractivity contribution in [3.8, 4) is 11.8 Å². The quantitative estimate of drug-likeness (QED) is 0.818. The van der Waals surface area contributed by atoms with Crippen molar-refractivity contribution >= 4 is 28.1 Å². The summed E-state index contributed by atoms with van der Waals surface area (Å²) in [4.78, 5) is 2.98. The number of hydrogen-bond donors (Lipinski definition) is 1. The topological polar surface area (TPSA) is 44.5 Å². The monoisotopic (exact) mass is 293 g/mol. The van der Waals surface area contributed by atoms with Crippen molar-refractivity contribution in [3.05, 3.63) is 44.9 Å². The fourth-order valence-electron chi connectivity index (χ4n) is 1.51. The van der Waals surface area contributed by atoms with E-state index < -0.39 is 0 Å². The Hall–Kier alpha value is -1.38. The number of aromatic nitrogens is 2. The molecule has 0 spiro atoms. The van der Waals surface area contributed by atoms with Crippen molar-refractivity contribution in [2.24, 2.45) is 0 Å². The predicted octanol–water partition coefficient (Wildman–Crippen LogP) is 3.48. The lowest BCUT2D eigenvalue weighted by Crippen LogP contribution is -1.97. The molecule has 0 saturated heterocycles. The van der Waals surface area contributed by atoms with E-state index in [1.54, 1.807) is 12.1 Å². The van der Waals surface area contributed by atoms with Crippen LogP contribution < -0.4 is 0 Å². The molecule has 0 amide bonds. The number of rotatable bonds is 1.